The van der Waals surface area contributed by atoms with Crippen molar-refractivity contribution in [3.8, 4) is 0 Å². The lowest BCUT2D eigenvalue weighted by molar-refractivity contribution is 0.375. The van der Waals surface area contributed by atoms with E-state index < -0.39 is 0 Å². The van der Waals surface area contributed by atoms with Crippen molar-refractivity contribution in [3.63, 3.8) is 0 Å². The van der Waals surface area contributed by atoms with Crippen LogP contribution in [-0.2, 0) is 0 Å². The number of unbranched alkanes of at least 4 members (excludes halogenated alkanes) is 7. The van der Waals surface area contributed by atoms with E-state index in [0.717, 1.165) is 26.1 Å². The smallest absolute Gasteiger partial charge is 0.0867 e. The number of hydrogen-bond donors (Lipinski definition) is 2. The second kappa shape index (κ2) is 12.8. The predicted molar refractivity (Wildman–Crippen MR) is 92.8 cm³/mol. The third kappa shape index (κ3) is 10.4. The summed E-state index contributed by atoms with van der Waals surface area (Å²) in [6, 6.07) is 0. The maximum Gasteiger partial charge on any atom is 0.0867 e. The van der Waals surface area contributed by atoms with Gasteiger partial charge in [0, 0.05) is 18.9 Å². The van der Waals surface area contributed by atoms with Crippen molar-refractivity contribution in [2.45, 2.75) is 70.6 Å². The van der Waals surface area contributed by atoms with E-state index in [1.807, 2.05) is 6.20 Å². The topological polar surface area (TPSA) is 41.3 Å². The molecular formula is C18H35N3. The van der Waals surface area contributed by atoms with Crippen LogP contribution in [-0.4, -0.2) is 24.7 Å². The Bertz CT molecular complexity index is 286. The van der Waals surface area contributed by atoms with Crippen molar-refractivity contribution in [2.75, 3.05) is 19.8 Å². The molecule has 1 heterocycles. The van der Waals surface area contributed by atoms with Crippen LogP contribution in [0.5, 0.6) is 0 Å². The van der Waals surface area contributed by atoms with Gasteiger partial charge in [0.1, 0.15) is 0 Å². The molecule has 1 aliphatic heterocycles. The Labute approximate surface area is 131 Å². The molecule has 1 aliphatic rings. The van der Waals surface area contributed by atoms with Gasteiger partial charge in [-0.25, -0.2) is 0 Å². The van der Waals surface area contributed by atoms with Crippen molar-refractivity contribution < 1.29 is 0 Å². The summed E-state index contributed by atoms with van der Waals surface area (Å²) in [5.74, 6) is 0. The monoisotopic (exact) mass is 293 g/mol. The van der Waals surface area contributed by atoms with E-state index in [2.05, 4.69) is 23.0 Å². The molecule has 122 valence electrons. The van der Waals surface area contributed by atoms with Gasteiger partial charge in [-0.05, 0) is 38.6 Å². The van der Waals surface area contributed by atoms with E-state index >= 15 is 0 Å². The number of rotatable bonds is 14. The molecule has 0 aromatic rings. The molecule has 0 radical (unpaired) electrons. The average Bonchev–Trinajstić information content (AvgIpc) is 3.00. The summed E-state index contributed by atoms with van der Waals surface area (Å²) in [4.78, 5) is 2.34. The van der Waals surface area contributed by atoms with Crippen LogP contribution >= 0.6 is 0 Å². The van der Waals surface area contributed by atoms with Gasteiger partial charge in [0.05, 0.1) is 6.67 Å². The van der Waals surface area contributed by atoms with Crippen LogP contribution in [0.3, 0.4) is 0 Å². The average molecular weight is 293 g/mol. The number of hydrogen-bond acceptors (Lipinski definition) is 3. The molecule has 21 heavy (non-hydrogen) atoms. The molecule has 0 bridgehead atoms. The summed E-state index contributed by atoms with van der Waals surface area (Å²) in [7, 11) is 0. The Hall–Kier alpha value is -0.960. The largest absolute Gasteiger partial charge is 0.373 e. The molecule has 0 saturated heterocycles. The van der Waals surface area contributed by atoms with Crippen molar-refractivity contribution >= 4 is 0 Å². The lowest BCUT2D eigenvalue weighted by Gasteiger charge is -2.13. The predicted octanol–water partition coefficient (Wildman–Crippen LogP) is 4.13. The fourth-order valence-electron chi connectivity index (χ4n) is 2.76. The van der Waals surface area contributed by atoms with Crippen LogP contribution in [0, 0.1) is 0 Å². The van der Waals surface area contributed by atoms with Crippen LogP contribution in [0.25, 0.3) is 0 Å². The highest BCUT2D eigenvalue weighted by atomic mass is 15.2. The summed E-state index contributed by atoms with van der Waals surface area (Å²) >= 11 is 0. The number of nitrogens with zero attached hydrogens (tertiary/aromatic N) is 1. The number of nitrogens with one attached hydrogen (secondary N) is 1. The Morgan fingerprint density at radius 2 is 1.57 bits per heavy atom. The lowest BCUT2D eigenvalue weighted by atomic mass is 10.0. The highest BCUT2D eigenvalue weighted by Gasteiger charge is 2.01. The first-order chi connectivity index (χ1) is 10.3. The van der Waals surface area contributed by atoms with Crippen LogP contribution in [0.2, 0.25) is 0 Å². The molecule has 3 nitrogen and oxygen atoms in total. The van der Waals surface area contributed by atoms with Gasteiger partial charge in [-0.15, -0.1) is 0 Å². The minimum atomic E-state index is 0.795. The molecule has 3 heteroatoms. The van der Waals surface area contributed by atoms with Crippen molar-refractivity contribution in [1.29, 1.82) is 0 Å². The third-order valence-electron chi connectivity index (χ3n) is 4.16. The van der Waals surface area contributed by atoms with Crippen LogP contribution < -0.4 is 11.1 Å². The third-order valence-corrected chi connectivity index (χ3v) is 4.16. The van der Waals surface area contributed by atoms with Gasteiger partial charge < -0.3 is 16.0 Å². The maximum atomic E-state index is 5.51. The first-order valence-electron chi connectivity index (χ1n) is 8.84. The van der Waals surface area contributed by atoms with Gasteiger partial charge in [0.15, 0.2) is 0 Å². The molecule has 0 atom stereocenters. The summed E-state index contributed by atoms with van der Waals surface area (Å²) in [5.41, 5.74) is 6.90. The van der Waals surface area contributed by atoms with Gasteiger partial charge in [0.25, 0.3) is 0 Å². The van der Waals surface area contributed by atoms with Crippen LogP contribution in [0.4, 0.5) is 0 Å². The quantitative estimate of drug-likeness (QED) is 0.374. The van der Waals surface area contributed by atoms with E-state index in [9.17, 15) is 0 Å². The van der Waals surface area contributed by atoms with Crippen LogP contribution in [0.1, 0.15) is 70.6 Å². The van der Waals surface area contributed by atoms with Gasteiger partial charge in [-0.1, -0.05) is 50.7 Å². The van der Waals surface area contributed by atoms with Gasteiger partial charge in [-0.2, -0.15) is 0 Å². The Morgan fingerprint density at radius 3 is 2.19 bits per heavy atom. The van der Waals surface area contributed by atoms with E-state index in [-0.39, 0.29) is 0 Å². The lowest BCUT2D eigenvalue weighted by Crippen LogP contribution is -2.21. The SMILES string of the molecule is C=C(CCCN)CCCCCCCCCCN1C=CNC1. The molecular weight excluding hydrogens is 258 g/mol. The fourth-order valence-corrected chi connectivity index (χ4v) is 2.76. The Balaban J connectivity index is 1.74. The maximum absolute atomic E-state index is 5.51. The standard InChI is InChI=1S/C18H35N3/c1-18(12-10-13-19)11-8-6-4-2-3-5-7-9-15-21-16-14-20-17-21/h14,16,20H,1-13,15,17,19H2. The van der Waals surface area contributed by atoms with Crippen molar-refractivity contribution in [2.24, 2.45) is 5.73 Å². The second-order valence-electron chi connectivity index (χ2n) is 6.21. The molecule has 0 aliphatic carbocycles. The second-order valence-corrected chi connectivity index (χ2v) is 6.21. The Morgan fingerprint density at radius 1 is 0.952 bits per heavy atom. The zero-order valence-electron chi connectivity index (χ0n) is 13.8. The molecule has 0 amide bonds. The minimum absolute atomic E-state index is 0.795. The Kier molecular flexibility index (Phi) is 11.0. The summed E-state index contributed by atoms with van der Waals surface area (Å²) in [5, 5.41) is 3.21. The zero-order chi connectivity index (χ0) is 15.2. The van der Waals surface area contributed by atoms with E-state index in [1.165, 1.54) is 69.9 Å². The number of allylic oxidation sites excluding steroid dienone is 1. The molecule has 0 saturated carbocycles. The number of nitrogens with two attached hydrogens (primary N) is 1. The van der Waals surface area contributed by atoms with E-state index in [0.29, 0.717) is 0 Å². The van der Waals surface area contributed by atoms with E-state index in [4.69, 9.17) is 5.73 Å². The van der Waals surface area contributed by atoms with E-state index in [1.54, 1.807) is 0 Å². The van der Waals surface area contributed by atoms with Gasteiger partial charge in [0.2, 0.25) is 0 Å². The first kappa shape index (κ1) is 18.1. The molecule has 0 unspecified atom stereocenters. The molecule has 0 spiro atoms. The summed E-state index contributed by atoms with van der Waals surface area (Å²) in [6.45, 7) is 7.12. The minimum Gasteiger partial charge on any atom is -0.373 e. The summed E-state index contributed by atoms with van der Waals surface area (Å²) in [6.07, 6.45) is 18.6. The van der Waals surface area contributed by atoms with Crippen LogP contribution in [0.15, 0.2) is 24.6 Å². The van der Waals surface area contributed by atoms with Gasteiger partial charge >= 0.3 is 0 Å². The normalized spacial score (nSPS) is 13.7. The first-order valence-corrected chi connectivity index (χ1v) is 8.84. The highest BCUT2D eigenvalue weighted by Crippen LogP contribution is 2.14. The molecule has 0 aromatic heterocycles. The molecule has 3 N–H and O–H groups in total. The zero-order valence-corrected chi connectivity index (χ0v) is 13.8. The van der Waals surface area contributed by atoms with Crippen molar-refractivity contribution in [1.82, 2.24) is 10.2 Å². The molecule has 1 rings (SSSR count). The molecule has 0 fully saturated rings. The van der Waals surface area contributed by atoms with Gasteiger partial charge in [-0.3, -0.25) is 0 Å². The molecule has 0 aromatic carbocycles. The fraction of sp³-hybridized carbons (Fsp3) is 0.778. The highest BCUT2D eigenvalue weighted by molar-refractivity contribution is 4.93. The van der Waals surface area contributed by atoms with Crippen molar-refractivity contribution in [3.05, 3.63) is 24.6 Å². The summed E-state index contributed by atoms with van der Waals surface area (Å²) < 4.78 is 0.